The van der Waals surface area contributed by atoms with Gasteiger partial charge in [0.05, 0.1) is 28.2 Å². The summed E-state index contributed by atoms with van der Waals surface area (Å²) in [5.74, 6) is -0.605. The second kappa shape index (κ2) is 29.1. The van der Waals surface area contributed by atoms with E-state index in [9.17, 15) is 33.9 Å². The van der Waals surface area contributed by atoms with Crippen LogP contribution in [0.2, 0.25) is 0 Å². The van der Waals surface area contributed by atoms with Crippen molar-refractivity contribution in [1.29, 1.82) is 0 Å². The van der Waals surface area contributed by atoms with Crippen molar-refractivity contribution in [3.63, 3.8) is 0 Å². The van der Waals surface area contributed by atoms with Gasteiger partial charge in [0.2, 0.25) is 23.6 Å². The second-order valence-corrected chi connectivity index (χ2v) is 22.3. The maximum Gasteiger partial charge on any atom is 0.253 e. The molecule has 0 bridgehead atoms. The minimum Gasteiger partial charge on any atom is -0.391 e. The molecule has 6 rings (SSSR count). The standard InChI is InChI=1S/C59H80N8O7S/c1-41(45-21-23-46(24-22-45)53-42(2)63-40-75-53)64-56(72)50-37-49(68)39-67(50)58(74)54(59(3,4)5)65-52(70)19-12-10-8-6-7-9-11-14-34-62-55(71)47-25-27-48(28-26-47)57(73)66-35-30-43(31-36-66)17-13-15-33-61-51(69)29-20-44-18-16-32-60-38-44/h16,18,20-29,32,38,40-41,43,49-50,54,68H,6-15,17,19,30-31,33-37,39H2,1-5H3,(H,61,69)(H,62,71)(H,64,72)(H,65,70). The SMILES string of the molecule is Cc1ncsc1-c1ccc(C(C)NC(=O)C2CC(O)CN2C(=O)C(NC(=O)CCCCCCCCCCNC(=O)c2ccc(C(=O)N3CCC(CCCCNC(=O)C=Cc4cccnc4)CC3)cc2)C(C)(C)C)cc1. The Hall–Kier alpha value is -6.26. The molecule has 2 aromatic carbocycles. The maximum atomic E-state index is 14.1. The summed E-state index contributed by atoms with van der Waals surface area (Å²) in [4.78, 5) is 92.0. The number of amides is 6. The molecule has 4 atom stereocenters. The Morgan fingerprint density at radius 2 is 1.47 bits per heavy atom. The quantitative estimate of drug-likeness (QED) is 0.0301. The fourth-order valence-electron chi connectivity index (χ4n) is 9.87. The van der Waals surface area contributed by atoms with Gasteiger partial charge < -0.3 is 36.2 Å². The summed E-state index contributed by atoms with van der Waals surface area (Å²) in [5.41, 5.74) is 6.15. The van der Waals surface area contributed by atoms with Crippen LogP contribution >= 0.6 is 11.3 Å². The first-order valence-corrected chi connectivity index (χ1v) is 28.1. The Kier molecular flexibility index (Phi) is 22.5. The largest absolute Gasteiger partial charge is 0.391 e. The molecule has 4 aromatic rings. The zero-order chi connectivity index (χ0) is 53.7. The monoisotopic (exact) mass is 1040 g/mol. The summed E-state index contributed by atoms with van der Waals surface area (Å²) in [6, 6.07) is 16.6. The molecule has 15 nitrogen and oxygen atoms in total. The summed E-state index contributed by atoms with van der Waals surface area (Å²) in [6.45, 7) is 12.2. The molecular weight excluding hydrogens is 965 g/mol. The van der Waals surface area contributed by atoms with Gasteiger partial charge in [0.15, 0.2) is 0 Å². The van der Waals surface area contributed by atoms with Gasteiger partial charge in [-0.3, -0.25) is 33.8 Å². The zero-order valence-electron chi connectivity index (χ0n) is 44.8. The van der Waals surface area contributed by atoms with E-state index in [0.717, 1.165) is 117 Å². The van der Waals surface area contributed by atoms with Crippen molar-refractivity contribution in [2.24, 2.45) is 11.3 Å². The van der Waals surface area contributed by atoms with E-state index >= 15 is 0 Å². The number of piperidine rings is 1. The third kappa shape index (κ3) is 18.2. The van der Waals surface area contributed by atoms with Crippen LogP contribution in [0.25, 0.3) is 16.5 Å². The number of thiazole rings is 1. The maximum absolute atomic E-state index is 14.1. The van der Waals surface area contributed by atoms with Crippen LogP contribution in [0.15, 0.2) is 84.6 Å². The Morgan fingerprint density at radius 1 is 0.813 bits per heavy atom. The third-order valence-corrected chi connectivity index (χ3v) is 15.4. The summed E-state index contributed by atoms with van der Waals surface area (Å²) in [7, 11) is 0. The molecule has 4 heterocycles. The van der Waals surface area contributed by atoms with Crippen molar-refractivity contribution < 1.29 is 33.9 Å². The van der Waals surface area contributed by atoms with Gasteiger partial charge in [-0.2, -0.15) is 0 Å². The van der Waals surface area contributed by atoms with Crippen molar-refractivity contribution in [3.05, 3.63) is 113 Å². The Labute approximate surface area is 448 Å². The zero-order valence-corrected chi connectivity index (χ0v) is 45.6. The van der Waals surface area contributed by atoms with E-state index in [0.29, 0.717) is 43.0 Å². The number of aryl methyl sites for hydroxylation is 1. The summed E-state index contributed by atoms with van der Waals surface area (Å²) < 4.78 is 0. The molecule has 0 aliphatic carbocycles. The number of nitrogens with zero attached hydrogens (tertiary/aromatic N) is 4. The topological polar surface area (TPSA) is 203 Å². The number of aliphatic hydroxyl groups excluding tert-OH is 1. The molecule has 0 saturated carbocycles. The number of aliphatic hydroxyl groups is 1. The van der Waals surface area contributed by atoms with E-state index in [-0.39, 0.29) is 54.5 Å². The van der Waals surface area contributed by atoms with Crippen LogP contribution in [0, 0.1) is 18.3 Å². The fraction of sp³-hybridized carbons (Fsp3) is 0.525. The lowest BCUT2D eigenvalue weighted by atomic mass is 9.85. The number of aromatic nitrogens is 2. The molecule has 2 aliphatic rings. The minimum absolute atomic E-state index is 0.00298. The molecule has 2 saturated heterocycles. The molecule has 0 spiro atoms. The van der Waals surface area contributed by atoms with Crippen LogP contribution in [0.3, 0.4) is 0 Å². The molecule has 16 heteroatoms. The summed E-state index contributed by atoms with van der Waals surface area (Å²) >= 11 is 1.58. The highest BCUT2D eigenvalue weighted by Gasteiger charge is 2.44. The molecular formula is C59H80N8O7S. The van der Waals surface area contributed by atoms with Crippen LogP contribution in [0.1, 0.15) is 168 Å². The summed E-state index contributed by atoms with van der Waals surface area (Å²) in [6.07, 6.45) is 18.8. The van der Waals surface area contributed by atoms with E-state index in [1.165, 1.54) is 11.0 Å². The highest BCUT2D eigenvalue weighted by Crippen LogP contribution is 2.30. The van der Waals surface area contributed by atoms with Crippen LogP contribution < -0.4 is 21.3 Å². The van der Waals surface area contributed by atoms with Gasteiger partial charge in [-0.05, 0) is 110 Å². The van der Waals surface area contributed by atoms with Gasteiger partial charge >= 0.3 is 0 Å². The lowest BCUT2D eigenvalue weighted by molar-refractivity contribution is -0.144. The van der Waals surface area contributed by atoms with Crippen LogP contribution in [0.4, 0.5) is 0 Å². The lowest BCUT2D eigenvalue weighted by Crippen LogP contribution is -2.57. The smallest absolute Gasteiger partial charge is 0.253 e. The number of benzene rings is 2. The lowest BCUT2D eigenvalue weighted by Gasteiger charge is -2.35. The number of hydrogen-bond donors (Lipinski definition) is 5. The first-order chi connectivity index (χ1) is 36.1. The molecule has 2 aliphatic heterocycles. The van der Waals surface area contributed by atoms with Crippen molar-refractivity contribution in [2.75, 3.05) is 32.7 Å². The molecule has 5 N–H and O–H groups in total. The molecule has 75 heavy (non-hydrogen) atoms. The highest BCUT2D eigenvalue weighted by molar-refractivity contribution is 7.13. The number of hydrogen-bond acceptors (Lipinski definition) is 10. The van der Waals surface area contributed by atoms with Crippen LogP contribution in [-0.4, -0.2) is 111 Å². The Morgan fingerprint density at radius 3 is 2.12 bits per heavy atom. The predicted molar refractivity (Wildman–Crippen MR) is 295 cm³/mol. The average Bonchev–Trinajstić information content (AvgIpc) is 4.03. The molecule has 404 valence electrons. The first kappa shape index (κ1) is 58.0. The summed E-state index contributed by atoms with van der Waals surface area (Å²) in [5, 5.41) is 22.6. The minimum atomic E-state index is -0.864. The van der Waals surface area contributed by atoms with Crippen LogP contribution in [0.5, 0.6) is 0 Å². The van der Waals surface area contributed by atoms with E-state index in [1.807, 2.05) is 81.4 Å². The van der Waals surface area contributed by atoms with E-state index < -0.39 is 23.6 Å². The predicted octanol–water partition coefficient (Wildman–Crippen LogP) is 8.98. The van der Waals surface area contributed by atoms with Gasteiger partial charge in [-0.25, -0.2) is 4.98 Å². The van der Waals surface area contributed by atoms with Crippen molar-refractivity contribution in [3.8, 4) is 10.4 Å². The number of nitrogens with one attached hydrogen (secondary N) is 4. The molecule has 4 unspecified atom stereocenters. The highest BCUT2D eigenvalue weighted by atomic mass is 32.1. The number of β-amino-alcohol motifs (C(OH)–C–C–N with tert-alkyl or cyclic N) is 1. The van der Waals surface area contributed by atoms with Crippen molar-refractivity contribution in [2.45, 2.75) is 155 Å². The Bertz CT molecular complexity index is 2500. The van der Waals surface area contributed by atoms with E-state index in [2.05, 4.69) is 31.2 Å². The van der Waals surface area contributed by atoms with Gasteiger partial charge in [0.1, 0.15) is 12.1 Å². The number of pyridine rings is 1. The van der Waals surface area contributed by atoms with Crippen molar-refractivity contribution >= 4 is 52.9 Å². The molecule has 2 fully saturated rings. The number of likely N-dealkylation sites (tertiary alicyclic amines) is 2. The normalized spacial score (nSPS) is 16.9. The molecule has 2 aromatic heterocycles. The Balaban J connectivity index is 0.788. The number of carbonyl (C=O) groups excluding carboxylic acids is 6. The number of carbonyl (C=O) groups is 6. The first-order valence-electron chi connectivity index (χ1n) is 27.2. The van der Waals surface area contributed by atoms with Gasteiger partial charge in [0.25, 0.3) is 11.8 Å². The van der Waals surface area contributed by atoms with E-state index in [4.69, 9.17) is 0 Å². The second-order valence-electron chi connectivity index (χ2n) is 21.4. The van der Waals surface area contributed by atoms with Crippen molar-refractivity contribution in [1.82, 2.24) is 41.0 Å². The molecule has 0 radical (unpaired) electrons. The van der Waals surface area contributed by atoms with E-state index in [1.54, 1.807) is 54.1 Å². The van der Waals surface area contributed by atoms with Crippen LogP contribution in [-0.2, 0) is 19.2 Å². The average molecular weight is 1050 g/mol. The fourth-order valence-corrected chi connectivity index (χ4v) is 10.7. The van der Waals surface area contributed by atoms with Gasteiger partial charge in [-0.1, -0.05) is 102 Å². The van der Waals surface area contributed by atoms with Gasteiger partial charge in [0, 0.05) is 75.2 Å². The number of unbranched alkanes of at least 4 members (excludes halogenated alkanes) is 8. The van der Waals surface area contributed by atoms with Gasteiger partial charge in [-0.15, -0.1) is 11.3 Å². The molecule has 6 amide bonds. The third-order valence-electron chi connectivity index (χ3n) is 14.4. The number of rotatable bonds is 26.